The maximum absolute atomic E-state index is 8.82. The summed E-state index contributed by atoms with van der Waals surface area (Å²) in [5, 5.41) is 9.55. The van der Waals surface area contributed by atoms with Crippen molar-refractivity contribution in [2.24, 2.45) is 0 Å². The van der Waals surface area contributed by atoms with Crippen LogP contribution in [0.2, 0.25) is 5.02 Å². The number of benzene rings is 1. The fourth-order valence-corrected chi connectivity index (χ4v) is 1.27. The van der Waals surface area contributed by atoms with Crippen LogP contribution >= 0.6 is 11.6 Å². The third-order valence-corrected chi connectivity index (χ3v) is 2.24. The van der Waals surface area contributed by atoms with Crippen molar-refractivity contribution in [3.05, 3.63) is 33.8 Å². The molecule has 0 atom stereocenters. The molecule has 1 rings (SSSR count). The molecule has 0 bridgehead atoms. The van der Waals surface area contributed by atoms with Crippen molar-refractivity contribution in [2.45, 2.75) is 20.5 Å². The highest BCUT2D eigenvalue weighted by molar-refractivity contribution is 6.31. The molecule has 0 aliphatic heterocycles. The normalized spacial score (nSPS) is 10.2. The van der Waals surface area contributed by atoms with Gasteiger partial charge in [-0.15, -0.1) is 0 Å². The summed E-state index contributed by atoms with van der Waals surface area (Å²) >= 11 is 5.89. The number of rotatable bonds is 1. The van der Waals surface area contributed by atoms with E-state index in [2.05, 4.69) is 0 Å². The fourth-order valence-electron chi connectivity index (χ4n) is 0.979. The largest absolute Gasteiger partial charge is 0.392 e. The van der Waals surface area contributed by atoms with Crippen LogP contribution in [0, 0.1) is 13.8 Å². The molecule has 0 aliphatic carbocycles. The van der Waals surface area contributed by atoms with Gasteiger partial charge in [-0.25, -0.2) is 0 Å². The Morgan fingerprint density at radius 1 is 1.36 bits per heavy atom. The van der Waals surface area contributed by atoms with Crippen LogP contribution in [0.5, 0.6) is 0 Å². The summed E-state index contributed by atoms with van der Waals surface area (Å²) in [4.78, 5) is 0. The van der Waals surface area contributed by atoms with E-state index in [4.69, 9.17) is 16.7 Å². The first-order valence-electron chi connectivity index (χ1n) is 3.51. The summed E-state index contributed by atoms with van der Waals surface area (Å²) in [7, 11) is 0. The first kappa shape index (κ1) is 8.57. The van der Waals surface area contributed by atoms with E-state index in [1.807, 2.05) is 19.9 Å². The second-order valence-electron chi connectivity index (χ2n) is 2.68. The molecule has 0 aromatic heterocycles. The van der Waals surface area contributed by atoms with Crippen molar-refractivity contribution < 1.29 is 5.11 Å². The van der Waals surface area contributed by atoms with Gasteiger partial charge < -0.3 is 5.11 Å². The van der Waals surface area contributed by atoms with Gasteiger partial charge in [0.05, 0.1) is 6.61 Å². The Morgan fingerprint density at radius 3 is 2.45 bits per heavy atom. The maximum atomic E-state index is 8.82. The van der Waals surface area contributed by atoms with Gasteiger partial charge >= 0.3 is 0 Å². The predicted octanol–water partition coefficient (Wildman–Crippen LogP) is 2.45. The topological polar surface area (TPSA) is 20.2 Å². The zero-order valence-corrected chi connectivity index (χ0v) is 7.44. The summed E-state index contributed by atoms with van der Waals surface area (Å²) in [6, 6.07) is 3.74. The third-order valence-electron chi connectivity index (χ3n) is 1.85. The summed E-state index contributed by atoms with van der Waals surface area (Å²) in [6.45, 7) is 4.01. The number of aliphatic hydroxyl groups is 1. The molecule has 0 saturated carbocycles. The van der Waals surface area contributed by atoms with Crippen LogP contribution in [0.15, 0.2) is 12.1 Å². The van der Waals surface area contributed by atoms with E-state index in [1.165, 1.54) is 0 Å². The van der Waals surface area contributed by atoms with E-state index in [-0.39, 0.29) is 6.61 Å². The molecule has 0 aliphatic rings. The Bertz CT molecular complexity index is 245. The number of hydrogen-bond acceptors (Lipinski definition) is 1. The van der Waals surface area contributed by atoms with Gasteiger partial charge in [-0.2, -0.15) is 0 Å². The molecule has 60 valence electrons. The Labute approximate surface area is 71.6 Å². The zero-order valence-electron chi connectivity index (χ0n) is 6.69. The number of aryl methyl sites for hydroxylation is 1. The van der Waals surface area contributed by atoms with Crippen LogP contribution in [-0.4, -0.2) is 5.11 Å². The molecule has 1 N–H and O–H groups in total. The lowest BCUT2D eigenvalue weighted by Gasteiger charge is -2.04. The van der Waals surface area contributed by atoms with Crippen molar-refractivity contribution in [1.29, 1.82) is 0 Å². The minimum atomic E-state index is 0.0564. The van der Waals surface area contributed by atoms with Gasteiger partial charge in [0.1, 0.15) is 0 Å². The minimum Gasteiger partial charge on any atom is -0.392 e. The van der Waals surface area contributed by atoms with Crippen molar-refractivity contribution in [3.63, 3.8) is 0 Å². The Kier molecular flexibility index (Phi) is 2.53. The average Bonchev–Trinajstić information content (AvgIpc) is 1.99. The van der Waals surface area contributed by atoms with Crippen molar-refractivity contribution >= 4 is 11.6 Å². The van der Waals surface area contributed by atoms with Crippen molar-refractivity contribution in [3.8, 4) is 0 Å². The Hall–Kier alpha value is -0.530. The van der Waals surface area contributed by atoms with Crippen molar-refractivity contribution in [1.82, 2.24) is 0 Å². The fraction of sp³-hybridized carbons (Fsp3) is 0.333. The molecule has 0 radical (unpaired) electrons. The van der Waals surface area contributed by atoms with Gasteiger partial charge in [-0.1, -0.05) is 17.7 Å². The third kappa shape index (κ3) is 1.73. The first-order chi connectivity index (χ1) is 5.15. The van der Waals surface area contributed by atoms with E-state index in [0.29, 0.717) is 0 Å². The monoisotopic (exact) mass is 170 g/mol. The van der Waals surface area contributed by atoms with E-state index in [1.54, 1.807) is 6.07 Å². The molecule has 1 aromatic rings. The van der Waals surface area contributed by atoms with Gasteiger partial charge in [0, 0.05) is 5.02 Å². The van der Waals surface area contributed by atoms with Gasteiger partial charge in [0.15, 0.2) is 0 Å². The van der Waals surface area contributed by atoms with Gasteiger partial charge in [-0.05, 0) is 36.6 Å². The molecular weight excluding hydrogens is 160 g/mol. The number of hydrogen-bond donors (Lipinski definition) is 1. The lowest BCUT2D eigenvalue weighted by atomic mass is 10.1. The van der Waals surface area contributed by atoms with Gasteiger partial charge in [0.25, 0.3) is 0 Å². The second kappa shape index (κ2) is 3.24. The summed E-state index contributed by atoms with van der Waals surface area (Å²) in [5.41, 5.74) is 3.09. The summed E-state index contributed by atoms with van der Waals surface area (Å²) in [5.74, 6) is 0. The first-order valence-corrected chi connectivity index (χ1v) is 3.89. The van der Waals surface area contributed by atoms with E-state index >= 15 is 0 Å². The predicted molar refractivity (Wildman–Crippen MR) is 46.8 cm³/mol. The average molecular weight is 171 g/mol. The Morgan fingerprint density at radius 2 is 2.00 bits per heavy atom. The zero-order chi connectivity index (χ0) is 8.43. The maximum Gasteiger partial charge on any atom is 0.0682 e. The Balaban J connectivity index is 3.21. The molecule has 11 heavy (non-hydrogen) atoms. The number of aliphatic hydroxyl groups excluding tert-OH is 1. The molecule has 0 fully saturated rings. The molecule has 0 heterocycles. The highest BCUT2D eigenvalue weighted by Crippen LogP contribution is 2.20. The lowest BCUT2D eigenvalue weighted by Crippen LogP contribution is -1.88. The van der Waals surface area contributed by atoms with Crippen LogP contribution in [0.4, 0.5) is 0 Å². The minimum absolute atomic E-state index is 0.0564. The highest BCUT2D eigenvalue weighted by Gasteiger charge is 2.00. The van der Waals surface area contributed by atoms with Gasteiger partial charge in [0.2, 0.25) is 0 Å². The highest BCUT2D eigenvalue weighted by atomic mass is 35.5. The molecular formula is C9H11ClO. The molecule has 0 saturated heterocycles. The van der Waals surface area contributed by atoms with Gasteiger partial charge in [-0.3, -0.25) is 0 Å². The molecule has 2 heteroatoms. The summed E-state index contributed by atoms with van der Waals surface area (Å²) in [6.07, 6.45) is 0. The smallest absolute Gasteiger partial charge is 0.0682 e. The summed E-state index contributed by atoms with van der Waals surface area (Å²) < 4.78 is 0. The molecule has 0 spiro atoms. The van der Waals surface area contributed by atoms with Crippen LogP contribution in [0.3, 0.4) is 0 Å². The molecule has 0 unspecified atom stereocenters. The second-order valence-corrected chi connectivity index (χ2v) is 3.08. The SMILES string of the molecule is Cc1cc(CO)cc(Cl)c1C. The van der Waals surface area contributed by atoms with Crippen molar-refractivity contribution in [2.75, 3.05) is 0 Å². The van der Waals surface area contributed by atoms with Crippen LogP contribution in [0.25, 0.3) is 0 Å². The molecule has 1 aromatic carbocycles. The molecule has 1 nitrogen and oxygen atoms in total. The standard InChI is InChI=1S/C9H11ClO/c1-6-3-8(5-11)4-9(10)7(6)2/h3-4,11H,5H2,1-2H3. The lowest BCUT2D eigenvalue weighted by molar-refractivity contribution is 0.282. The van der Waals surface area contributed by atoms with E-state index in [0.717, 1.165) is 21.7 Å². The van der Waals surface area contributed by atoms with Crippen LogP contribution < -0.4 is 0 Å². The quantitative estimate of drug-likeness (QED) is 0.687. The van der Waals surface area contributed by atoms with Crippen LogP contribution in [0.1, 0.15) is 16.7 Å². The van der Waals surface area contributed by atoms with E-state index in [9.17, 15) is 0 Å². The number of halogens is 1. The molecule has 0 amide bonds. The van der Waals surface area contributed by atoms with E-state index < -0.39 is 0 Å². The van der Waals surface area contributed by atoms with Crippen LogP contribution in [-0.2, 0) is 6.61 Å².